The minimum Gasteiger partial charge on any atom is -0.444 e. The number of nitrogens with zero attached hydrogens (tertiary/aromatic N) is 5. The van der Waals surface area contributed by atoms with Crippen molar-refractivity contribution in [3.05, 3.63) is 28.3 Å². The molecule has 2 fully saturated rings. The number of ether oxygens (including phenoxy) is 1. The van der Waals surface area contributed by atoms with E-state index in [1.165, 1.54) is 6.20 Å². The fourth-order valence-electron chi connectivity index (χ4n) is 4.86. The number of amides is 3. The molecule has 1 aromatic rings. The van der Waals surface area contributed by atoms with Gasteiger partial charge in [-0.2, -0.15) is 0 Å². The number of aromatic nitrogens is 1. The first-order valence-corrected chi connectivity index (χ1v) is 12.2. The van der Waals surface area contributed by atoms with Gasteiger partial charge in [-0.1, -0.05) is 5.11 Å². The predicted molar refractivity (Wildman–Crippen MR) is 132 cm³/mol. The van der Waals surface area contributed by atoms with Crippen molar-refractivity contribution in [1.29, 1.82) is 0 Å². The van der Waals surface area contributed by atoms with Gasteiger partial charge in [0.2, 0.25) is 0 Å². The molecular formula is C24H35N7O4. The molecule has 1 atom stereocenters. The Labute approximate surface area is 205 Å². The van der Waals surface area contributed by atoms with E-state index in [1.54, 1.807) is 38.7 Å². The SMILES string of the molecule is Cc1cc(NC(=O)C(=O)N2CCCC[C@H]2C2CCC(N=[N+]=[N-])CC2)cnc1NC(=O)OC(C)(C)C. The van der Waals surface area contributed by atoms with Crippen molar-refractivity contribution < 1.29 is 19.1 Å². The summed E-state index contributed by atoms with van der Waals surface area (Å²) in [5.41, 5.74) is 9.03. The van der Waals surface area contributed by atoms with Crippen LogP contribution in [0.4, 0.5) is 16.3 Å². The van der Waals surface area contributed by atoms with Gasteiger partial charge in [-0.3, -0.25) is 14.9 Å². The number of nitrogens with one attached hydrogen (secondary N) is 2. The van der Waals surface area contributed by atoms with Crippen LogP contribution in [0.5, 0.6) is 0 Å². The number of likely N-dealkylation sites (tertiary alicyclic amines) is 1. The maximum absolute atomic E-state index is 13.1. The molecule has 2 aliphatic rings. The van der Waals surface area contributed by atoms with E-state index in [4.69, 9.17) is 10.3 Å². The Morgan fingerprint density at radius 1 is 1.14 bits per heavy atom. The van der Waals surface area contributed by atoms with Crippen molar-refractivity contribution in [3.63, 3.8) is 0 Å². The van der Waals surface area contributed by atoms with Gasteiger partial charge in [0, 0.05) is 23.5 Å². The molecule has 11 heteroatoms. The highest BCUT2D eigenvalue weighted by molar-refractivity contribution is 6.39. The molecule has 0 spiro atoms. The molecule has 2 N–H and O–H groups in total. The van der Waals surface area contributed by atoms with E-state index in [0.717, 1.165) is 44.9 Å². The number of piperidine rings is 1. The van der Waals surface area contributed by atoms with E-state index in [2.05, 4.69) is 25.6 Å². The minimum atomic E-state index is -0.700. The van der Waals surface area contributed by atoms with E-state index < -0.39 is 23.5 Å². The van der Waals surface area contributed by atoms with Crippen molar-refractivity contribution >= 4 is 29.4 Å². The molecular weight excluding hydrogens is 450 g/mol. The number of azide groups is 1. The highest BCUT2D eigenvalue weighted by atomic mass is 16.6. The number of pyridine rings is 1. The third kappa shape index (κ3) is 7.32. The van der Waals surface area contributed by atoms with Crippen molar-refractivity contribution in [2.24, 2.45) is 11.0 Å². The summed E-state index contributed by atoms with van der Waals surface area (Å²) < 4.78 is 5.24. The highest BCUT2D eigenvalue weighted by Crippen LogP contribution is 2.35. The van der Waals surface area contributed by atoms with Crippen LogP contribution in [-0.2, 0) is 14.3 Å². The van der Waals surface area contributed by atoms with Crippen LogP contribution < -0.4 is 10.6 Å². The summed E-state index contributed by atoms with van der Waals surface area (Å²) in [5.74, 6) is -0.621. The standard InChI is InChI=1S/C24H35N7O4/c1-15-13-18(14-26-20(15)28-23(34)35-24(2,3)4)27-21(32)22(33)31-12-6-5-7-19(31)16-8-10-17(11-9-16)29-30-25/h13-14,16-17,19H,5-12H2,1-4H3,(H,27,32)(H,26,28,34)/t16?,17?,19-/m0/s1. The van der Waals surface area contributed by atoms with Gasteiger partial charge >= 0.3 is 17.9 Å². The maximum Gasteiger partial charge on any atom is 0.413 e. The van der Waals surface area contributed by atoms with Gasteiger partial charge < -0.3 is 15.0 Å². The van der Waals surface area contributed by atoms with Crippen LogP contribution in [0.2, 0.25) is 0 Å². The van der Waals surface area contributed by atoms with Gasteiger partial charge in [0.1, 0.15) is 11.4 Å². The molecule has 2 heterocycles. The van der Waals surface area contributed by atoms with E-state index in [9.17, 15) is 14.4 Å². The lowest BCUT2D eigenvalue weighted by Crippen LogP contribution is -2.51. The average Bonchev–Trinajstić information content (AvgIpc) is 2.80. The zero-order valence-corrected chi connectivity index (χ0v) is 20.9. The topological polar surface area (TPSA) is 149 Å². The van der Waals surface area contributed by atoms with E-state index in [-0.39, 0.29) is 12.1 Å². The number of hydrogen-bond acceptors (Lipinski definition) is 6. The molecule has 190 valence electrons. The lowest BCUT2D eigenvalue weighted by Gasteiger charge is -2.42. The number of aryl methyl sites for hydroxylation is 1. The van der Waals surface area contributed by atoms with E-state index in [0.29, 0.717) is 29.5 Å². The van der Waals surface area contributed by atoms with Gasteiger partial charge in [0.25, 0.3) is 0 Å². The summed E-state index contributed by atoms with van der Waals surface area (Å²) in [7, 11) is 0. The van der Waals surface area contributed by atoms with Crippen molar-refractivity contribution in [1.82, 2.24) is 9.88 Å². The van der Waals surface area contributed by atoms with Crippen LogP contribution in [0, 0.1) is 12.8 Å². The molecule has 3 rings (SSSR count). The van der Waals surface area contributed by atoms with Crippen LogP contribution >= 0.6 is 0 Å². The number of rotatable bonds is 4. The first kappa shape index (κ1) is 26.3. The molecule has 0 unspecified atom stereocenters. The third-order valence-electron chi connectivity index (χ3n) is 6.46. The smallest absolute Gasteiger partial charge is 0.413 e. The molecule has 1 aromatic heterocycles. The molecule has 3 amide bonds. The highest BCUT2D eigenvalue weighted by Gasteiger charge is 2.37. The second kappa shape index (κ2) is 11.4. The third-order valence-corrected chi connectivity index (χ3v) is 6.46. The molecule has 11 nitrogen and oxygen atoms in total. The fraction of sp³-hybridized carbons (Fsp3) is 0.667. The first-order chi connectivity index (χ1) is 16.6. The lowest BCUT2D eigenvalue weighted by atomic mass is 9.78. The monoisotopic (exact) mass is 485 g/mol. The van der Waals surface area contributed by atoms with Gasteiger partial charge in [0.05, 0.1) is 11.9 Å². The Bertz CT molecular complexity index is 992. The van der Waals surface area contributed by atoms with Gasteiger partial charge in [-0.05, 0) is 95.7 Å². The minimum absolute atomic E-state index is 0.0225. The molecule has 0 aromatic carbocycles. The van der Waals surface area contributed by atoms with Gasteiger partial charge in [0.15, 0.2) is 0 Å². The quantitative estimate of drug-likeness (QED) is 0.268. The molecule has 1 saturated carbocycles. The molecule has 1 aliphatic carbocycles. The second-order valence-corrected chi connectivity index (χ2v) is 10.3. The van der Waals surface area contributed by atoms with E-state index >= 15 is 0 Å². The summed E-state index contributed by atoms with van der Waals surface area (Å²) in [6.45, 7) is 7.60. The summed E-state index contributed by atoms with van der Waals surface area (Å²) in [6.07, 6.45) is 6.95. The van der Waals surface area contributed by atoms with Crippen LogP contribution in [-0.4, -0.2) is 52.0 Å². The molecule has 1 saturated heterocycles. The number of carbonyl (C=O) groups is 3. The number of carbonyl (C=O) groups excluding carboxylic acids is 3. The molecule has 1 aliphatic heterocycles. The van der Waals surface area contributed by atoms with Crippen molar-refractivity contribution in [2.45, 2.75) is 90.3 Å². The molecule has 0 radical (unpaired) electrons. The molecule has 35 heavy (non-hydrogen) atoms. The summed E-state index contributed by atoms with van der Waals surface area (Å²) in [4.78, 5) is 46.8. The van der Waals surface area contributed by atoms with Gasteiger partial charge in [-0.15, -0.1) is 0 Å². The predicted octanol–water partition coefficient (Wildman–Crippen LogP) is 4.93. The Kier molecular flexibility index (Phi) is 8.56. The first-order valence-electron chi connectivity index (χ1n) is 12.2. The second-order valence-electron chi connectivity index (χ2n) is 10.3. The van der Waals surface area contributed by atoms with Crippen LogP contribution in [0.15, 0.2) is 17.4 Å². The van der Waals surface area contributed by atoms with Gasteiger partial charge in [-0.25, -0.2) is 9.78 Å². The van der Waals surface area contributed by atoms with Crippen LogP contribution in [0.3, 0.4) is 0 Å². The summed E-state index contributed by atoms with van der Waals surface area (Å²) >= 11 is 0. The Morgan fingerprint density at radius 3 is 2.49 bits per heavy atom. The number of hydrogen-bond donors (Lipinski definition) is 2. The normalized spacial score (nSPS) is 22.5. The maximum atomic E-state index is 13.1. The molecule has 0 bridgehead atoms. The zero-order chi connectivity index (χ0) is 25.6. The average molecular weight is 486 g/mol. The Balaban J connectivity index is 1.61. The summed E-state index contributed by atoms with van der Waals surface area (Å²) in [5, 5.41) is 9.08. The van der Waals surface area contributed by atoms with E-state index in [1.807, 2.05) is 0 Å². The van der Waals surface area contributed by atoms with Crippen LogP contribution in [0.25, 0.3) is 10.4 Å². The lowest BCUT2D eigenvalue weighted by molar-refractivity contribution is -0.147. The number of anilines is 2. The Hall–Kier alpha value is -3.33. The van der Waals surface area contributed by atoms with Crippen molar-refractivity contribution in [3.8, 4) is 0 Å². The summed E-state index contributed by atoms with van der Waals surface area (Å²) in [6, 6.07) is 1.69. The fourth-order valence-corrected chi connectivity index (χ4v) is 4.86. The van der Waals surface area contributed by atoms with Crippen molar-refractivity contribution in [2.75, 3.05) is 17.2 Å². The van der Waals surface area contributed by atoms with Crippen LogP contribution in [0.1, 0.15) is 71.3 Å². The zero-order valence-electron chi connectivity index (χ0n) is 20.9. The Morgan fingerprint density at radius 2 is 1.86 bits per heavy atom. The largest absolute Gasteiger partial charge is 0.444 e.